The number of hydrogen-bond acceptors (Lipinski definition) is 3. The number of amides is 3. The molecule has 3 amide bonds. The molecule has 1 fully saturated rings. The Labute approximate surface area is 177 Å². The van der Waals surface area contributed by atoms with Crippen LogP contribution in [0.1, 0.15) is 30.1 Å². The summed E-state index contributed by atoms with van der Waals surface area (Å²) in [5.41, 5.74) is 0.574. The molecule has 0 radical (unpaired) electrons. The van der Waals surface area contributed by atoms with Gasteiger partial charge in [0.15, 0.2) is 0 Å². The van der Waals surface area contributed by atoms with E-state index in [0.29, 0.717) is 40.7 Å². The normalized spacial score (nSPS) is 15.9. The first kappa shape index (κ1) is 21.1. The van der Waals surface area contributed by atoms with Crippen LogP contribution in [0, 0.1) is 5.82 Å². The van der Waals surface area contributed by atoms with Crippen LogP contribution in [0.15, 0.2) is 36.4 Å². The molecule has 0 aliphatic carbocycles. The molecular weight excluding hydrogens is 420 g/mol. The van der Waals surface area contributed by atoms with E-state index in [9.17, 15) is 18.8 Å². The van der Waals surface area contributed by atoms with Gasteiger partial charge in [-0.25, -0.2) is 4.39 Å². The van der Waals surface area contributed by atoms with Crippen LogP contribution < -0.4 is 10.6 Å². The lowest BCUT2D eigenvalue weighted by Gasteiger charge is -2.24. The molecule has 2 N–H and O–H groups in total. The molecule has 2 aromatic carbocycles. The molecular formula is C20H18Cl2FN3O3. The average Bonchev–Trinajstić information content (AvgIpc) is 3.12. The van der Waals surface area contributed by atoms with E-state index in [2.05, 4.69) is 10.6 Å². The van der Waals surface area contributed by atoms with Crippen molar-refractivity contribution in [3.8, 4) is 0 Å². The smallest absolute Gasteiger partial charge is 0.254 e. The Hall–Kier alpha value is -2.64. The lowest BCUT2D eigenvalue weighted by Crippen LogP contribution is -2.43. The van der Waals surface area contributed by atoms with Gasteiger partial charge in [-0.2, -0.15) is 0 Å². The van der Waals surface area contributed by atoms with Crippen LogP contribution in [-0.4, -0.2) is 35.2 Å². The van der Waals surface area contributed by atoms with Crippen molar-refractivity contribution < 1.29 is 18.8 Å². The maximum Gasteiger partial charge on any atom is 0.254 e. The van der Waals surface area contributed by atoms with E-state index in [1.807, 2.05) is 0 Å². The van der Waals surface area contributed by atoms with Gasteiger partial charge in [0.25, 0.3) is 5.91 Å². The number of nitrogens with one attached hydrogen (secondary N) is 2. The van der Waals surface area contributed by atoms with Crippen molar-refractivity contribution in [2.45, 2.75) is 25.8 Å². The molecule has 0 spiro atoms. The third-order valence-electron chi connectivity index (χ3n) is 4.47. The molecule has 1 atom stereocenters. The summed E-state index contributed by atoms with van der Waals surface area (Å²) in [4.78, 5) is 38.3. The number of hydrogen-bond donors (Lipinski definition) is 2. The predicted molar refractivity (Wildman–Crippen MR) is 110 cm³/mol. The van der Waals surface area contributed by atoms with E-state index >= 15 is 0 Å². The van der Waals surface area contributed by atoms with Crippen LogP contribution in [0.3, 0.4) is 0 Å². The van der Waals surface area contributed by atoms with E-state index in [1.54, 1.807) is 0 Å². The molecule has 1 aliphatic heterocycles. The summed E-state index contributed by atoms with van der Waals surface area (Å²) in [7, 11) is 0. The first-order chi connectivity index (χ1) is 13.7. The number of carbonyl (C=O) groups is 3. The highest BCUT2D eigenvalue weighted by Crippen LogP contribution is 2.26. The van der Waals surface area contributed by atoms with Gasteiger partial charge in [0.1, 0.15) is 11.9 Å². The summed E-state index contributed by atoms with van der Waals surface area (Å²) in [6.07, 6.45) is 1.16. The second kappa shape index (κ2) is 8.80. The Kier molecular flexibility index (Phi) is 6.39. The summed E-state index contributed by atoms with van der Waals surface area (Å²) >= 11 is 12.0. The number of halogens is 3. The SMILES string of the molecule is CC(=O)Nc1cc(NC(=O)C2CCCN2C(=O)c2cc(Cl)cc(Cl)c2)ccc1F. The van der Waals surface area contributed by atoms with E-state index in [0.717, 1.165) is 6.07 Å². The van der Waals surface area contributed by atoms with Crippen LogP contribution in [-0.2, 0) is 9.59 Å². The van der Waals surface area contributed by atoms with E-state index in [4.69, 9.17) is 23.2 Å². The Morgan fingerprint density at radius 1 is 1.07 bits per heavy atom. The Morgan fingerprint density at radius 3 is 2.41 bits per heavy atom. The number of anilines is 2. The van der Waals surface area contributed by atoms with Crippen molar-refractivity contribution in [2.75, 3.05) is 17.2 Å². The fourth-order valence-corrected chi connectivity index (χ4v) is 3.77. The predicted octanol–water partition coefficient (Wildman–Crippen LogP) is 4.33. The van der Waals surface area contributed by atoms with Gasteiger partial charge in [0, 0.05) is 34.8 Å². The topological polar surface area (TPSA) is 78.5 Å². The Bertz CT molecular complexity index is 963. The number of likely N-dealkylation sites (tertiary alicyclic amines) is 1. The average molecular weight is 438 g/mol. The lowest BCUT2D eigenvalue weighted by atomic mass is 10.1. The molecule has 2 aromatic rings. The van der Waals surface area contributed by atoms with Crippen molar-refractivity contribution >= 4 is 52.3 Å². The standard InChI is InChI=1S/C20H18Cl2FN3O3/c1-11(27)24-17-10-15(4-5-16(17)23)25-19(28)18-3-2-6-26(18)20(29)12-7-13(21)9-14(22)8-12/h4-5,7-10,18H,2-3,6H2,1H3,(H,24,27)(H,25,28). The van der Waals surface area contributed by atoms with Crippen molar-refractivity contribution in [2.24, 2.45) is 0 Å². The van der Waals surface area contributed by atoms with Gasteiger partial charge >= 0.3 is 0 Å². The molecule has 3 rings (SSSR count). The summed E-state index contributed by atoms with van der Waals surface area (Å²) in [5, 5.41) is 5.70. The number of benzene rings is 2. The monoisotopic (exact) mass is 437 g/mol. The van der Waals surface area contributed by atoms with E-state index in [-0.39, 0.29) is 11.6 Å². The molecule has 29 heavy (non-hydrogen) atoms. The van der Waals surface area contributed by atoms with Gasteiger partial charge in [-0.15, -0.1) is 0 Å². The molecule has 0 saturated carbocycles. The quantitative estimate of drug-likeness (QED) is 0.746. The van der Waals surface area contributed by atoms with E-state index in [1.165, 1.54) is 42.2 Å². The van der Waals surface area contributed by atoms with Crippen molar-refractivity contribution in [3.05, 3.63) is 57.8 Å². The summed E-state index contributed by atoms with van der Waals surface area (Å²) < 4.78 is 13.8. The zero-order valence-corrected chi connectivity index (χ0v) is 17.0. The second-order valence-electron chi connectivity index (χ2n) is 6.68. The summed E-state index contributed by atoms with van der Waals surface area (Å²) in [6.45, 7) is 1.68. The van der Waals surface area contributed by atoms with Gasteiger partial charge in [-0.1, -0.05) is 23.2 Å². The van der Waals surface area contributed by atoms with Gasteiger partial charge in [0.2, 0.25) is 11.8 Å². The Morgan fingerprint density at radius 2 is 1.76 bits per heavy atom. The van der Waals surface area contributed by atoms with Crippen LogP contribution in [0.25, 0.3) is 0 Å². The van der Waals surface area contributed by atoms with Crippen LogP contribution in [0.4, 0.5) is 15.8 Å². The largest absolute Gasteiger partial charge is 0.327 e. The first-order valence-electron chi connectivity index (χ1n) is 8.89. The molecule has 6 nitrogen and oxygen atoms in total. The zero-order valence-electron chi connectivity index (χ0n) is 15.5. The lowest BCUT2D eigenvalue weighted by molar-refractivity contribution is -0.119. The van der Waals surface area contributed by atoms with Gasteiger partial charge < -0.3 is 15.5 Å². The number of rotatable bonds is 4. The summed E-state index contributed by atoms with van der Waals surface area (Å²) in [6, 6.07) is 7.70. The first-order valence-corrected chi connectivity index (χ1v) is 9.65. The zero-order chi connectivity index (χ0) is 21.1. The van der Waals surface area contributed by atoms with Gasteiger partial charge in [-0.05, 0) is 49.2 Å². The molecule has 0 aromatic heterocycles. The van der Waals surface area contributed by atoms with Crippen molar-refractivity contribution in [3.63, 3.8) is 0 Å². The molecule has 9 heteroatoms. The highest BCUT2D eigenvalue weighted by molar-refractivity contribution is 6.35. The number of carbonyl (C=O) groups excluding carboxylic acids is 3. The maximum atomic E-state index is 13.8. The third-order valence-corrected chi connectivity index (χ3v) is 4.91. The minimum Gasteiger partial charge on any atom is -0.327 e. The van der Waals surface area contributed by atoms with Gasteiger partial charge in [-0.3, -0.25) is 14.4 Å². The van der Waals surface area contributed by atoms with Crippen LogP contribution in [0.2, 0.25) is 10.0 Å². The fourth-order valence-electron chi connectivity index (χ4n) is 3.24. The van der Waals surface area contributed by atoms with Crippen molar-refractivity contribution in [1.29, 1.82) is 0 Å². The van der Waals surface area contributed by atoms with Crippen LogP contribution in [0.5, 0.6) is 0 Å². The minimum absolute atomic E-state index is 0.0387. The van der Waals surface area contributed by atoms with Gasteiger partial charge in [0.05, 0.1) is 5.69 Å². The maximum absolute atomic E-state index is 13.8. The van der Waals surface area contributed by atoms with E-state index < -0.39 is 23.7 Å². The van der Waals surface area contributed by atoms with Crippen LogP contribution >= 0.6 is 23.2 Å². The fraction of sp³-hybridized carbons (Fsp3) is 0.250. The third kappa shape index (κ3) is 5.05. The molecule has 1 heterocycles. The number of nitrogens with zero attached hydrogens (tertiary/aromatic N) is 1. The van der Waals surface area contributed by atoms with Crippen molar-refractivity contribution in [1.82, 2.24) is 4.90 Å². The molecule has 1 saturated heterocycles. The molecule has 0 bridgehead atoms. The molecule has 1 unspecified atom stereocenters. The minimum atomic E-state index is -0.686. The molecule has 152 valence electrons. The molecule has 1 aliphatic rings. The second-order valence-corrected chi connectivity index (χ2v) is 7.55. The Balaban J connectivity index is 1.76. The summed E-state index contributed by atoms with van der Waals surface area (Å²) in [5.74, 6) is -1.79. The highest BCUT2D eigenvalue weighted by Gasteiger charge is 2.34. The highest BCUT2D eigenvalue weighted by atomic mass is 35.5.